The third-order valence-corrected chi connectivity index (χ3v) is 8.07. The maximum atomic E-state index is 13.8. The molecular weight excluding hydrogens is 571 g/mol. The number of carbonyl (C=O) groups is 2. The van der Waals surface area contributed by atoms with Crippen LogP contribution in [0.15, 0.2) is 93.9 Å². The quantitative estimate of drug-likeness (QED) is 0.292. The third-order valence-electron chi connectivity index (χ3n) is 6.34. The Morgan fingerprint density at radius 1 is 1.00 bits per heavy atom. The predicted molar refractivity (Wildman–Crippen MR) is 154 cm³/mol. The van der Waals surface area contributed by atoms with Gasteiger partial charge in [-0.25, -0.2) is 14.6 Å². The van der Waals surface area contributed by atoms with Crippen molar-refractivity contribution in [2.75, 3.05) is 7.11 Å². The zero-order valence-corrected chi connectivity index (χ0v) is 23.7. The fourth-order valence-corrected chi connectivity index (χ4v) is 5.72. The molecule has 0 saturated heterocycles. The number of thiazole rings is 1. The number of nitrogens with zero attached hydrogens (tertiary/aromatic N) is 2. The molecule has 202 valence electrons. The number of halogens is 2. The van der Waals surface area contributed by atoms with Gasteiger partial charge in [0.2, 0.25) is 0 Å². The van der Waals surface area contributed by atoms with Crippen molar-refractivity contribution < 1.29 is 19.1 Å². The topological polar surface area (TPSA) is 87.0 Å². The first-order valence-electron chi connectivity index (χ1n) is 12.1. The second-order valence-electron chi connectivity index (χ2n) is 8.93. The predicted octanol–water partition coefficient (Wildman–Crippen LogP) is 5.07. The van der Waals surface area contributed by atoms with Crippen LogP contribution in [-0.2, 0) is 20.9 Å². The number of esters is 2. The lowest BCUT2D eigenvalue weighted by atomic mass is 9.95. The van der Waals surface area contributed by atoms with Gasteiger partial charge in [0.1, 0.15) is 6.61 Å². The smallest absolute Gasteiger partial charge is 0.338 e. The number of benzene rings is 3. The van der Waals surface area contributed by atoms with E-state index in [1.165, 1.54) is 23.0 Å². The summed E-state index contributed by atoms with van der Waals surface area (Å²) < 4.78 is 12.4. The van der Waals surface area contributed by atoms with Gasteiger partial charge in [-0.1, -0.05) is 83.1 Å². The summed E-state index contributed by atoms with van der Waals surface area (Å²) in [4.78, 5) is 44.4. The minimum Gasteiger partial charge on any atom is -0.465 e. The number of hydrogen-bond donors (Lipinski definition) is 0. The van der Waals surface area contributed by atoms with Gasteiger partial charge in [0, 0.05) is 0 Å². The molecular formula is C30H22Cl2N2O5S. The van der Waals surface area contributed by atoms with E-state index in [2.05, 4.69) is 4.99 Å². The van der Waals surface area contributed by atoms with Gasteiger partial charge >= 0.3 is 11.9 Å². The highest BCUT2D eigenvalue weighted by Gasteiger charge is 2.33. The Morgan fingerprint density at radius 3 is 2.40 bits per heavy atom. The molecule has 3 aromatic carbocycles. The summed E-state index contributed by atoms with van der Waals surface area (Å²) in [5.74, 6) is -1.09. The van der Waals surface area contributed by atoms with Crippen LogP contribution in [0.25, 0.3) is 6.08 Å². The van der Waals surface area contributed by atoms with Gasteiger partial charge in [-0.2, -0.15) is 0 Å². The van der Waals surface area contributed by atoms with Crippen LogP contribution in [0.2, 0.25) is 10.0 Å². The number of methoxy groups -OCH3 is 1. The lowest BCUT2D eigenvalue weighted by Crippen LogP contribution is -2.39. The number of carbonyl (C=O) groups excluding carboxylic acids is 2. The van der Waals surface area contributed by atoms with Crippen LogP contribution >= 0.6 is 34.5 Å². The van der Waals surface area contributed by atoms with Crippen LogP contribution in [0.1, 0.15) is 40.0 Å². The van der Waals surface area contributed by atoms with Crippen molar-refractivity contribution in [1.29, 1.82) is 0 Å². The van der Waals surface area contributed by atoms with Crippen LogP contribution in [-0.4, -0.2) is 23.6 Å². The molecule has 5 rings (SSSR count). The van der Waals surface area contributed by atoms with E-state index in [0.29, 0.717) is 41.8 Å². The second-order valence-corrected chi connectivity index (χ2v) is 10.8. The lowest BCUT2D eigenvalue weighted by Gasteiger charge is -2.25. The summed E-state index contributed by atoms with van der Waals surface area (Å²) in [6.07, 6.45) is 1.70. The van der Waals surface area contributed by atoms with Gasteiger partial charge in [-0.15, -0.1) is 0 Å². The van der Waals surface area contributed by atoms with Crippen LogP contribution in [0.3, 0.4) is 0 Å². The van der Waals surface area contributed by atoms with Gasteiger partial charge < -0.3 is 9.47 Å². The van der Waals surface area contributed by atoms with Gasteiger partial charge in [0.15, 0.2) is 4.80 Å². The molecule has 0 bridgehead atoms. The molecule has 0 radical (unpaired) electrons. The molecule has 4 aromatic rings. The molecule has 0 spiro atoms. The summed E-state index contributed by atoms with van der Waals surface area (Å²) in [5, 5.41) is 0.774. The highest BCUT2D eigenvalue weighted by atomic mass is 35.5. The Hall–Kier alpha value is -3.98. The highest BCUT2D eigenvalue weighted by Crippen LogP contribution is 2.31. The zero-order valence-electron chi connectivity index (χ0n) is 21.4. The van der Waals surface area contributed by atoms with E-state index in [4.69, 9.17) is 32.7 Å². The number of allylic oxidation sites excluding steroid dienone is 1. The Labute approximate surface area is 243 Å². The first-order valence-corrected chi connectivity index (χ1v) is 13.7. The minimum atomic E-state index is -0.831. The van der Waals surface area contributed by atoms with Crippen molar-refractivity contribution in [3.63, 3.8) is 0 Å². The Bertz CT molecular complexity index is 1830. The first-order chi connectivity index (χ1) is 19.3. The summed E-state index contributed by atoms with van der Waals surface area (Å²) in [7, 11) is 1.30. The Morgan fingerprint density at radius 2 is 1.73 bits per heavy atom. The van der Waals surface area contributed by atoms with Crippen LogP contribution < -0.4 is 14.9 Å². The standard InChI is InChI=1S/C30H22Cl2N2O5S/c1-17-25(29(37)39-16-18-6-4-3-5-7-18)26(20-9-11-21(12-10-20)28(36)38-2)34-27(35)24(40-30(34)33-17)15-19-8-13-22(31)23(32)14-19/h3-15,26H,16H2,1-2H3. The van der Waals surface area contributed by atoms with E-state index in [1.54, 1.807) is 55.5 Å². The monoisotopic (exact) mass is 592 g/mol. The van der Waals surface area contributed by atoms with Crippen molar-refractivity contribution in [2.45, 2.75) is 19.6 Å². The number of hydrogen-bond acceptors (Lipinski definition) is 7. The zero-order chi connectivity index (χ0) is 28.4. The molecule has 0 fully saturated rings. The SMILES string of the molecule is COC(=O)c1ccc(C2C(C(=O)OCc3ccccc3)=C(C)N=c3sc(=Cc4ccc(Cl)c(Cl)c4)c(=O)n32)cc1. The molecule has 1 aliphatic heterocycles. The fourth-order valence-electron chi connectivity index (χ4n) is 4.37. The minimum absolute atomic E-state index is 0.0617. The number of ether oxygens (including phenoxy) is 2. The Balaban J connectivity index is 1.62. The first kappa shape index (κ1) is 27.6. The van der Waals surface area contributed by atoms with Crippen molar-refractivity contribution in [1.82, 2.24) is 4.57 Å². The number of rotatable bonds is 6. The Kier molecular flexibility index (Phi) is 8.02. The molecule has 1 aromatic heterocycles. The second kappa shape index (κ2) is 11.6. The van der Waals surface area contributed by atoms with Gasteiger partial charge in [-0.05, 0) is 54.0 Å². The van der Waals surface area contributed by atoms with E-state index < -0.39 is 18.0 Å². The van der Waals surface area contributed by atoms with E-state index in [0.717, 1.165) is 5.56 Å². The summed E-state index contributed by atoms with van der Waals surface area (Å²) in [6.45, 7) is 1.77. The van der Waals surface area contributed by atoms with E-state index in [1.807, 2.05) is 30.3 Å². The molecule has 0 saturated carbocycles. The van der Waals surface area contributed by atoms with Gasteiger partial charge in [-0.3, -0.25) is 9.36 Å². The number of aromatic nitrogens is 1. The molecule has 1 unspecified atom stereocenters. The fraction of sp³-hybridized carbons (Fsp3) is 0.133. The third kappa shape index (κ3) is 5.51. The van der Waals surface area contributed by atoms with Crippen LogP contribution in [0, 0.1) is 0 Å². The maximum Gasteiger partial charge on any atom is 0.338 e. The molecule has 1 aliphatic rings. The van der Waals surface area contributed by atoms with Crippen molar-refractivity contribution >= 4 is 52.6 Å². The lowest BCUT2D eigenvalue weighted by molar-refractivity contribution is -0.140. The van der Waals surface area contributed by atoms with Crippen LogP contribution in [0.4, 0.5) is 0 Å². The van der Waals surface area contributed by atoms with Crippen LogP contribution in [0.5, 0.6) is 0 Å². The van der Waals surface area contributed by atoms with Gasteiger partial charge in [0.25, 0.3) is 5.56 Å². The number of fused-ring (bicyclic) bond motifs is 1. The molecule has 10 heteroatoms. The van der Waals surface area contributed by atoms with Crippen molar-refractivity contribution in [3.8, 4) is 0 Å². The molecule has 40 heavy (non-hydrogen) atoms. The molecule has 1 atom stereocenters. The van der Waals surface area contributed by atoms with Crippen molar-refractivity contribution in [3.05, 3.63) is 136 Å². The molecule has 0 N–H and O–H groups in total. The molecule has 0 amide bonds. The largest absolute Gasteiger partial charge is 0.465 e. The van der Waals surface area contributed by atoms with E-state index >= 15 is 0 Å². The average Bonchev–Trinajstić information content (AvgIpc) is 3.27. The van der Waals surface area contributed by atoms with Gasteiger partial charge in [0.05, 0.1) is 44.6 Å². The maximum absolute atomic E-state index is 13.8. The molecule has 7 nitrogen and oxygen atoms in total. The highest BCUT2D eigenvalue weighted by molar-refractivity contribution is 7.07. The summed E-state index contributed by atoms with van der Waals surface area (Å²) >= 11 is 13.4. The summed E-state index contributed by atoms with van der Waals surface area (Å²) in [5.41, 5.74) is 2.79. The molecule has 2 heterocycles. The van der Waals surface area contributed by atoms with Crippen molar-refractivity contribution in [2.24, 2.45) is 4.99 Å². The average molecular weight is 593 g/mol. The van der Waals surface area contributed by atoms with E-state index in [9.17, 15) is 14.4 Å². The normalized spacial score (nSPS) is 14.9. The summed E-state index contributed by atoms with van der Waals surface area (Å²) in [6, 6.07) is 20.1. The van der Waals surface area contributed by atoms with E-state index in [-0.39, 0.29) is 17.7 Å². The molecule has 0 aliphatic carbocycles.